The molecule has 1 N–H and O–H groups in total. The molecule has 1 aliphatic rings. The van der Waals surface area contributed by atoms with Crippen molar-refractivity contribution in [2.24, 2.45) is 11.3 Å². The average molecular weight is 215 g/mol. The zero-order chi connectivity index (χ0) is 11.5. The van der Waals surface area contributed by atoms with Crippen molar-refractivity contribution in [3.05, 3.63) is 0 Å². The van der Waals surface area contributed by atoms with Gasteiger partial charge in [-0.15, -0.1) is 0 Å². The summed E-state index contributed by atoms with van der Waals surface area (Å²) in [6, 6.07) is 0. The van der Waals surface area contributed by atoms with Crippen LogP contribution >= 0.6 is 0 Å². The first-order chi connectivity index (χ1) is 6.99. The Kier molecular flexibility index (Phi) is 4.56. The Morgan fingerprint density at radius 2 is 2.07 bits per heavy atom. The van der Waals surface area contributed by atoms with E-state index in [1.165, 1.54) is 17.9 Å². The zero-order valence-electron chi connectivity index (χ0n) is 10.5. The minimum absolute atomic E-state index is 0.185. The summed E-state index contributed by atoms with van der Waals surface area (Å²) in [6.07, 6.45) is 3.67. The minimum Gasteiger partial charge on any atom is -0.380 e. The highest BCUT2D eigenvalue weighted by Crippen LogP contribution is 2.37. The number of piperidine rings is 1. The van der Waals surface area contributed by atoms with Gasteiger partial charge in [0.15, 0.2) is 0 Å². The smallest absolute Gasteiger partial charge is 0.0724 e. The Labute approximate surface area is 93.4 Å². The first-order valence-electron chi connectivity index (χ1n) is 5.96. The maximum atomic E-state index is 9.67. The molecule has 0 aromatic heterocycles. The van der Waals surface area contributed by atoms with Crippen LogP contribution in [0.4, 0.5) is 0 Å². The summed E-state index contributed by atoms with van der Waals surface area (Å²) < 4.78 is 5.36. The Balaban J connectivity index is 2.60. The van der Waals surface area contributed by atoms with Crippen LogP contribution in [0.25, 0.3) is 0 Å². The van der Waals surface area contributed by atoms with E-state index >= 15 is 0 Å². The highest BCUT2D eigenvalue weighted by atomic mass is 16.5. The molecule has 1 aliphatic heterocycles. The third-order valence-corrected chi connectivity index (χ3v) is 3.73. The average Bonchev–Trinajstić information content (AvgIpc) is 2.16. The number of nitrogens with zero attached hydrogens (tertiary/aromatic N) is 1. The van der Waals surface area contributed by atoms with Crippen molar-refractivity contribution < 1.29 is 9.94 Å². The predicted octanol–water partition coefficient (Wildman–Crippen LogP) is 2.54. The van der Waals surface area contributed by atoms with Crippen LogP contribution in [0.2, 0.25) is 0 Å². The molecule has 0 saturated carbocycles. The summed E-state index contributed by atoms with van der Waals surface area (Å²) in [4.78, 5) is 0. The van der Waals surface area contributed by atoms with E-state index in [-0.39, 0.29) is 6.10 Å². The van der Waals surface area contributed by atoms with Crippen molar-refractivity contribution in [2.45, 2.75) is 46.1 Å². The van der Waals surface area contributed by atoms with Gasteiger partial charge < -0.3 is 9.94 Å². The van der Waals surface area contributed by atoms with Crippen LogP contribution in [0.5, 0.6) is 0 Å². The predicted molar refractivity (Wildman–Crippen MR) is 61.0 cm³/mol. The molecule has 90 valence electrons. The molecule has 1 fully saturated rings. The fourth-order valence-electron chi connectivity index (χ4n) is 2.62. The standard InChI is InChI=1S/C12H25NO2/c1-5-6-12(2,3)10-7-11(15-4)9-13(14)8-10/h10-11,14H,5-9H2,1-4H3. The van der Waals surface area contributed by atoms with Crippen LogP contribution in [0.3, 0.4) is 0 Å². The lowest BCUT2D eigenvalue weighted by Crippen LogP contribution is -2.46. The Morgan fingerprint density at radius 1 is 1.40 bits per heavy atom. The summed E-state index contributed by atoms with van der Waals surface area (Å²) in [5.41, 5.74) is 0.299. The van der Waals surface area contributed by atoms with E-state index in [1.54, 1.807) is 7.11 Å². The maximum Gasteiger partial charge on any atom is 0.0724 e. The van der Waals surface area contributed by atoms with Gasteiger partial charge in [0.05, 0.1) is 12.6 Å². The molecular formula is C12H25NO2. The Bertz CT molecular complexity index is 194. The Morgan fingerprint density at radius 3 is 2.60 bits per heavy atom. The summed E-state index contributed by atoms with van der Waals surface area (Å²) >= 11 is 0. The molecule has 0 amide bonds. The van der Waals surface area contributed by atoms with Crippen LogP contribution in [0.1, 0.15) is 40.0 Å². The highest BCUT2D eigenvalue weighted by molar-refractivity contribution is 4.85. The fraction of sp³-hybridized carbons (Fsp3) is 1.00. The van der Waals surface area contributed by atoms with Crippen molar-refractivity contribution in [3.8, 4) is 0 Å². The summed E-state index contributed by atoms with van der Waals surface area (Å²) in [7, 11) is 1.73. The molecule has 1 saturated heterocycles. The van der Waals surface area contributed by atoms with E-state index < -0.39 is 0 Å². The molecule has 3 nitrogen and oxygen atoms in total. The van der Waals surface area contributed by atoms with Gasteiger partial charge in [-0.1, -0.05) is 27.2 Å². The van der Waals surface area contributed by atoms with Gasteiger partial charge in [0, 0.05) is 13.7 Å². The SMILES string of the molecule is CCCC(C)(C)C1CC(OC)CN(O)C1. The van der Waals surface area contributed by atoms with E-state index in [9.17, 15) is 5.21 Å². The van der Waals surface area contributed by atoms with E-state index in [4.69, 9.17) is 4.74 Å². The van der Waals surface area contributed by atoms with E-state index in [0.29, 0.717) is 17.9 Å². The van der Waals surface area contributed by atoms with Crippen LogP contribution in [0, 0.1) is 11.3 Å². The van der Waals surface area contributed by atoms with Crippen LogP contribution in [-0.4, -0.2) is 36.6 Å². The molecule has 3 heteroatoms. The lowest BCUT2D eigenvalue weighted by molar-refractivity contribution is -0.166. The largest absolute Gasteiger partial charge is 0.380 e. The Hall–Kier alpha value is -0.120. The van der Waals surface area contributed by atoms with Gasteiger partial charge in [0.25, 0.3) is 0 Å². The first kappa shape index (κ1) is 12.9. The zero-order valence-corrected chi connectivity index (χ0v) is 10.5. The first-order valence-corrected chi connectivity index (χ1v) is 5.96. The van der Waals surface area contributed by atoms with Gasteiger partial charge in [0.1, 0.15) is 0 Å². The highest BCUT2D eigenvalue weighted by Gasteiger charge is 2.36. The van der Waals surface area contributed by atoms with Crippen molar-refractivity contribution in [1.82, 2.24) is 5.06 Å². The number of hydroxylamine groups is 2. The molecule has 2 atom stereocenters. The molecule has 0 bridgehead atoms. The van der Waals surface area contributed by atoms with Gasteiger partial charge in [-0.3, -0.25) is 0 Å². The molecule has 1 heterocycles. The number of ether oxygens (including phenoxy) is 1. The molecule has 0 radical (unpaired) electrons. The van der Waals surface area contributed by atoms with Gasteiger partial charge in [-0.2, -0.15) is 5.06 Å². The number of methoxy groups -OCH3 is 1. The third kappa shape index (κ3) is 3.44. The van der Waals surface area contributed by atoms with E-state index in [0.717, 1.165) is 13.0 Å². The topological polar surface area (TPSA) is 32.7 Å². The second kappa shape index (κ2) is 5.28. The fourth-order valence-corrected chi connectivity index (χ4v) is 2.62. The maximum absolute atomic E-state index is 9.67. The summed E-state index contributed by atoms with van der Waals surface area (Å²) in [5.74, 6) is 0.529. The molecule has 0 aliphatic carbocycles. The quantitative estimate of drug-likeness (QED) is 0.782. The second-order valence-corrected chi connectivity index (χ2v) is 5.40. The van der Waals surface area contributed by atoms with Crippen molar-refractivity contribution in [2.75, 3.05) is 20.2 Å². The van der Waals surface area contributed by atoms with E-state index in [2.05, 4.69) is 20.8 Å². The summed E-state index contributed by atoms with van der Waals surface area (Å²) in [6.45, 7) is 8.25. The van der Waals surface area contributed by atoms with Gasteiger partial charge in [-0.25, -0.2) is 0 Å². The number of hydrogen-bond acceptors (Lipinski definition) is 3. The molecule has 1 rings (SSSR count). The molecule has 2 unspecified atom stereocenters. The normalized spacial score (nSPS) is 29.4. The molecule has 0 spiro atoms. The number of hydrogen-bond donors (Lipinski definition) is 1. The van der Waals surface area contributed by atoms with Crippen molar-refractivity contribution in [3.63, 3.8) is 0 Å². The van der Waals surface area contributed by atoms with Gasteiger partial charge >= 0.3 is 0 Å². The molecular weight excluding hydrogens is 190 g/mol. The molecule has 0 aromatic carbocycles. The third-order valence-electron chi connectivity index (χ3n) is 3.73. The van der Waals surface area contributed by atoms with Crippen molar-refractivity contribution >= 4 is 0 Å². The lowest BCUT2D eigenvalue weighted by Gasteiger charge is -2.42. The van der Waals surface area contributed by atoms with Crippen LogP contribution < -0.4 is 0 Å². The monoisotopic (exact) mass is 215 g/mol. The molecule has 15 heavy (non-hydrogen) atoms. The van der Waals surface area contributed by atoms with E-state index in [1.807, 2.05) is 0 Å². The van der Waals surface area contributed by atoms with Crippen LogP contribution in [0.15, 0.2) is 0 Å². The van der Waals surface area contributed by atoms with Crippen LogP contribution in [-0.2, 0) is 4.74 Å². The number of rotatable bonds is 4. The van der Waals surface area contributed by atoms with Crippen molar-refractivity contribution in [1.29, 1.82) is 0 Å². The van der Waals surface area contributed by atoms with Gasteiger partial charge in [-0.05, 0) is 24.2 Å². The minimum atomic E-state index is 0.185. The second-order valence-electron chi connectivity index (χ2n) is 5.40. The van der Waals surface area contributed by atoms with Gasteiger partial charge in [0.2, 0.25) is 0 Å². The summed E-state index contributed by atoms with van der Waals surface area (Å²) in [5, 5.41) is 11.1. The lowest BCUT2D eigenvalue weighted by atomic mass is 9.72. The molecule has 0 aromatic rings.